The van der Waals surface area contributed by atoms with Crippen molar-refractivity contribution in [1.82, 2.24) is 0 Å². The molecule has 0 aromatic heterocycles. The number of rotatable bonds is 11. The number of allylic oxidation sites excluding steroid dienone is 8. The summed E-state index contributed by atoms with van der Waals surface area (Å²) in [7, 11) is 0. The van der Waals surface area contributed by atoms with Crippen LogP contribution in [0.3, 0.4) is 0 Å². The summed E-state index contributed by atoms with van der Waals surface area (Å²) in [6.45, 7) is 20.7. The maximum absolute atomic E-state index is 14.3. The van der Waals surface area contributed by atoms with Crippen molar-refractivity contribution in [2.75, 3.05) is 4.43 Å². The highest BCUT2D eigenvalue weighted by molar-refractivity contribution is 14.1. The Morgan fingerprint density at radius 2 is 1.71 bits per heavy atom. The summed E-state index contributed by atoms with van der Waals surface area (Å²) in [5, 5.41) is 0. The zero-order valence-corrected chi connectivity index (χ0v) is 34.3. The predicted molar refractivity (Wildman–Crippen MR) is 231 cm³/mol. The van der Waals surface area contributed by atoms with E-state index in [4.69, 9.17) is 0 Å². The molecule has 0 fully saturated rings. The molecule has 3 heteroatoms. The molecular formula is C46H49FI2. The summed E-state index contributed by atoms with van der Waals surface area (Å²) in [5.74, 6) is 0. The highest BCUT2D eigenvalue weighted by Crippen LogP contribution is 2.56. The SMILES string of the molecule is C=C=C(CCC[C@@]1(C)CC=C(c2ccc(C(=C)I)cc2)C(C)(C)/C1=C/CI)c1ccccc1C1=Cc2cc(/C(C)=C\C(C)(C)F)ccc2C1. The summed E-state index contributed by atoms with van der Waals surface area (Å²) in [6, 6.07) is 24.2. The van der Waals surface area contributed by atoms with Crippen LogP contribution in [0, 0.1) is 10.8 Å². The Hall–Kier alpha value is -2.73. The maximum Gasteiger partial charge on any atom is 0.124 e. The van der Waals surface area contributed by atoms with E-state index in [-0.39, 0.29) is 10.8 Å². The van der Waals surface area contributed by atoms with E-state index in [2.05, 4.69) is 170 Å². The molecule has 0 N–H and O–H groups in total. The minimum absolute atomic E-state index is 0.0645. The van der Waals surface area contributed by atoms with Crippen molar-refractivity contribution >= 4 is 77.1 Å². The Labute approximate surface area is 322 Å². The number of hydrogen-bond donors (Lipinski definition) is 0. The van der Waals surface area contributed by atoms with Crippen molar-refractivity contribution < 1.29 is 4.39 Å². The maximum atomic E-state index is 14.3. The van der Waals surface area contributed by atoms with E-state index in [9.17, 15) is 4.39 Å². The normalized spacial score (nSPS) is 19.6. The molecule has 49 heavy (non-hydrogen) atoms. The van der Waals surface area contributed by atoms with E-state index in [0.29, 0.717) is 0 Å². The van der Waals surface area contributed by atoms with Crippen LogP contribution >= 0.6 is 45.2 Å². The Balaban J connectivity index is 1.35. The van der Waals surface area contributed by atoms with Gasteiger partial charge >= 0.3 is 0 Å². The number of benzene rings is 3. The molecule has 5 rings (SSSR count). The van der Waals surface area contributed by atoms with Crippen LogP contribution in [0.4, 0.5) is 4.39 Å². The van der Waals surface area contributed by atoms with Crippen molar-refractivity contribution in [2.24, 2.45) is 10.8 Å². The molecule has 3 aromatic rings. The highest BCUT2D eigenvalue weighted by atomic mass is 127. The van der Waals surface area contributed by atoms with Gasteiger partial charge in [0.2, 0.25) is 0 Å². The predicted octanol–water partition coefficient (Wildman–Crippen LogP) is 14.6. The standard InChI is InChI=1S/C46H49FI2/c1-9-33(40-14-10-11-15-41(40)39-28-37-21-20-36(27-38(37)29-39)31(2)30-44(4,5)47)13-12-24-46(8)25-22-42(45(6,7)43(46)23-26-48)35-18-16-34(17-19-35)32(3)49/h10-11,14-23,27,29-30H,1,3,12-13,24-26,28H2,2,4-8H3/b31-30-,43-23-/t46-/m0/s1. The average Bonchev–Trinajstić information content (AvgIpc) is 3.48. The molecule has 0 radical (unpaired) electrons. The van der Waals surface area contributed by atoms with E-state index < -0.39 is 5.67 Å². The zero-order valence-electron chi connectivity index (χ0n) is 30.0. The molecule has 0 saturated heterocycles. The van der Waals surface area contributed by atoms with Gasteiger partial charge in [-0.3, -0.25) is 0 Å². The topological polar surface area (TPSA) is 0 Å². The van der Waals surface area contributed by atoms with Crippen molar-refractivity contribution in [3.8, 4) is 0 Å². The minimum Gasteiger partial charge on any atom is -0.240 e. The summed E-state index contributed by atoms with van der Waals surface area (Å²) in [6.07, 6.45) is 14.0. The van der Waals surface area contributed by atoms with E-state index in [1.165, 1.54) is 50.1 Å². The molecule has 0 unspecified atom stereocenters. The van der Waals surface area contributed by atoms with Crippen molar-refractivity contribution in [1.29, 1.82) is 0 Å². The first kappa shape index (κ1) is 37.5. The zero-order chi connectivity index (χ0) is 35.6. The first-order chi connectivity index (χ1) is 23.2. The molecule has 254 valence electrons. The van der Waals surface area contributed by atoms with Gasteiger partial charge in [0.25, 0.3) is 0 Å². The molecule has 0 bridgehead atoms. The Bertz CT molecular complexity index is 1920. The lowest BCUT2D eigenvalue weighted by Gasteiger charge is -2.47. The second kappa shape index (κ2) is 15.3. The fraction of sp³-hybridized carbons (Fsp3) is 0.326. The van der Waals surface area contributed by atoms with Gasteiger partial charge in [0, 0.05) is 19.0 Å². The van der Waals surface area contributed by atoms with E-state index >= 15 is 0 Å². The van der Waals surface area contributed by atoms with Gasteiger partial charge in [-0.2, -0.15) is 0 Å². The summed E-state index contributed by atoms with van der Waals surface area (Å²) >= 11 is 4.80. The fourth-order valence-electron chi connectivity index (χ4n) is 8.07. The molecule has 3 aromatic carbocycles. The molecular weight excluding hydrogens is 825 g/mol. The smallest absolute Gasteiger partial charge is 0.124 e. The highest BCUT2D eigenvalue weighted by Gasteiger charge is 2.42. The van der Waals surface area contributed by atoms with Crippen LogP contribution in [0.5, 0.6) is 0 Å². The van der Waals surface area contributed by atoms with Gasteiger partial charge in [0.05, 0.1) is 0 Å². The van der Waals surface area contributed by atoms with Crippen LogP contribution < -0.4 is 0 Å². The van der Waals surface area contributed by atoms with Gasteiger partial charge in [-0.25, -0.2) is 4.39 Å². The molecule has 0 heterocycles. The summed E-state index contributed by atoms with van der Waals surface area (Å²) in [4.78, 5) is 0. The van der Waals surface area contributed by atoms with E-state index in [0.717, 1.165) is 51.2 Å². The quantitative estimate of drug-likeness (QED) is 0.0779. The molecule has 1 atom stereocenters. The van der Waals surface area contributed by atoms with Gasteiger partial charge in [-0.15, -0.1) is 5.73 Å². The monoisotopic (exact) mass is 874 g/mol. The molecule has 0 spiro atoms. The summed E-state index contributed by atoms with van der Waals surface area (Å²) < 4.78 is 16.4. The van der Waals surface area contributed by atoms with Gasteiger partial charge in [0.1, 0.15) is 5.67 Å². The third kappa shape index (κ3) is 8.43. The molecule has 0 amide bonds. The molecule has 0 saturated carbocycles. The molecule has 2 aliphatic carbocycles. The van der Waals surface area contributed by atoms with Crippen LogP contribution in [0.1, 0.15) is 106 Å². The van der Waals surface area contributed by atoms with E-state index in [1.54, 1.807) is 25.5 Å². The third-order valence-electron chi connectivity index (χ3n) is 10.4. The van der Waals surface area contributed by atoms with Crippen LogP contribution in [-0.4, -0.2) is 10.1 Å². The third-order valence-corrected chi connectivity index (χ3v) is 11.4. The van der Waals surface area contributed by atoms with Gasteiger partial charge in [-0.05, 0) is 149 Å². The van der Waals surface area contributed by atoms with Crippen molar-refractivity contribution in [2.45, 2.75) is 79.3 Å². The first-order valence-corrected chi connectivity index (χ1v) is 19.9. The average molecular weight is 875 g/mol. The van der Waals surface area contributed by atoms with Crippen molar-refractivity contribution in [3.05, 3.63) is 148 Å². The summed E-state index contributed by atoms with van der Waals surface area (Å²) in [5.41, 5.74) is 17.0. The number of hydrogen-bond acceptors (Lipinski definition) is 0. The minimum atomic E-state index is -1.34. The lowest BCUT2D eigenvalue weighted by Crippen LogP contribution is -2.34. The molecule has 0 nitrogen and oxygen atoms in total. The first-order valence-electron chi connectivity index (χ1n) is 17.3. The largest absolute Gasteiger partial charge is 0.240 e. The van der Waals surface area contributed by atoms with Gasteiger partial charge in [-0.1, -0.05) is 141 Å². The Kier molecular flexibility index (Phi) is 11.7. The van der Waals surface area contributed by atoms with Gasteiger partial charge < -0.3 is 0 Å². The van der Waals surface area contributed by atoms with Gasteiger partial charge in [0.15, 0.2) is 0 Å². The second-order valence-electron chi connectivity index (χ2n) is 15.0. The second-order valence-corrected chi connectivity index (χ2v) is 17.2. The van der Waals surface area contributed by atoms with E-state index in [1.807, 2.05) is 6.92 Å². The van der Waals surface area contributed by atoms with Crippen LogP contribution in [0.15, 0.2) is 109 Å². The fourth-order valence-corrected chi connectivity index (χ4v) is 8.87. The lowest BCUT2D eigenvalue weighted by atomic mass is 9.58. The number of fused-ring (bicyclic) bond motifs is 1. The van der Waals surface area contributed by atoms with Crippen LogP contribution in [0.2, 0.25) is 0 Å². The molecule has 0 aliphatic heterocycles. The Morgan fingerprint density at radius 1 is 1.02 bits per heavy atom. The van der Waals surface area contributed by atoms with Crippen molar-refractivity contribution in [3.63, 3.8) is 0 Å². The lowest BCUT2D eigenvalue weighted by molar-refractivity contribution is 0.288. The number of halogens is 3. The number of alkyl halides is 2. The van der Waals surface area contributed by atoms with Crippen LogP contribution in [-0.2, 0) is 6.42 Å². The molecule has 2 aliphatic rings. The Morgan fingerprint density at radius 3 is 2.37 bits per heavy atom. The van der Waals surface area contributed by atoms with Crippen LogP contribution in [0.25, 0.3) is 31.9 Å².